The van der Waals surface area contributed by atoms with Gasteiger partial charge in [0.2, 0.25) is 5.91 Å². The summed E-state index contributed by atoms with van der Waals surface area (Å²) in [5, 5.41) is 2.90. The summed E-state index contributed by atoms with van der Waals surface area (Å²) in [5.74, 6) is -1.62. The minimum Gasteiger partial charge on any atom is -0.365 e. The van der Waals surface area contributed by atoms with Crippen molar-refractivity contribution in [2.75, 3.05) is 11.9 Å². The van der Waals surface area contributed by atoms with E-state index in [1.54, 1.807) is 6.07 Å². The number of hydrogen-bond donors (Lipinski definition) is 2. The highest BCUT2D eigenvalue weighted by molar-refractivity contribution is 7.90. The van der Waals surface area contributed by atoms with Gasteiger partial charge in [0.1, 0.15) is 16.4 Å². The molecule has 1 aromatic carbocycles. The number of nitrogens with one attached hydrogen (secondary N) is 1. The summed E-state index contributed by atoms with van der Waals surface area (Å²) >= 11 is 1.28. The van der Waals surface area contributed by atoms with E-state index >= 15 is 0 Å². The van der Waals surface area contributed by atoms with Crippen molar-refractivity contribution in [3.8, 4) is 0 Å². The fraction of sp³-hybridized carbons (Fsp3) is 0.316. The number of sulfonamides is 1. The number of rotatable bonds is 4. The minimum absolute atomic E-state index is 0.0405. The first-order valence-electron chi connectivity index (χ1n) is 9.10. The Balaban J connectivity index is 1.59. The number of anilines is 1. The lowest BCUT2D eigenvalue weighted by Crippen LogP contribution is -2.37. The number of thiophene rings is 1. The molecule has 1 atom stereocenters. The Bertz CT molecular complexity index is 1150. The van der Waals surface area contributed by atoms with E-state index in [9.17, 15) is 22.8 Å². The quantitative estimate of drug-likeness (QED) is 0.760. The third kappa shape index (κ3) is 3.22. The van der Waals surface area contributed by atoms with E-state index in [1.807, 2.05) is 0 Å². The maximum atomic E-state index is 12.6. The fourth-order valence-electron chi connectivity index (χ4n) is 3.78. The molecule has 0 saturated heterocycles. The first-order chi connectivity index (χ1) is 13.7. The van der Waals surface area contributed by atoms with Gasteiger partial charge in [-0.25, -0.2) is 12.7 Å². The van der Waals surface area contributed by atoms with E-state index in [0.717, 1.165) is 23.3 Å². The molecule has 0 radical (unpaired) electrons. The van der Waals surface area contributed by atoms with Gasteiger partial charge in [-0.3, -0.25) is 14.4 Å². The highest BCUT2D eigenvalue weighted by Gasteiger charge is 2.42. The van der Waals surface area contributed by atoms with Crippen LogP contribution in [0, 0.1) is 5.92 Å². The first kappa shape index (κ1) is 19.6. The third-order valence-corrected chi connectivity index (χ3v) is 8.17. The zero-order valence-electron chi connectivity index (χ0n) is 15.6. The molecule has 152 valence electrons. The number of carbonyl (C=O) groups excluding carboxylic acids is 3. The highest BCUT2D eigenvalue weighted by Crippen LogP contribution is 2.39. The lowest BCUT2D eigenvalue weighted by atomic mass is 9.88. The van der Waals surface area contributed by atoms with Gasteiger partial charge in [0.15, 0.2) is 0 Å². The number of nitrogens with zero attached hydrogens (tertiary/aromatic N) is 1. The number of fused-ring (bicyclic) bond motifs is 2. The Morgan fingerprint density at radius 3 is 2.72 bits per heavy atom. The van der Waals surface area contributed by atoms with Gasteiger partial charge >= 0.3 is 0 Å². The van der Waals surface area contributed by atoms with Crippen LogP contribution in [0.15, 0.2) is 29.2 Å². The first-order valence-corrected chi connectivity index (χ1v) is 11.4. The standard InChI is InChI=1S/C19H19N3O5S2/c1-10-6-7-11-13(8-10)28-18(16(11)17(20)24)21-15(23)9-22-19(25)12-4-2-3-5-14(12)29(22,26)27/h2-5,10H,6-9H2,1H3,(H2,20,24)(H,21,23)/t10-/m0/s1. The summed E-state index contributed by atoms with van der Waals surface area (Å²) in [7, 11) is -4.08. The zero-order valence-corrected chi connectivity index (χ0v) is 17.2. The van der Waals surface area contributed by atoms with Gasteiger partial charge < -0.3 is 11.1 Å². The van der Waals surface area contributed by atoms with Gasteiger partial charge in [0.25, 0.3) is 21.8 Å². The minimum atomic E-state index is -4.08. The molecule has 10 heteroatoms. The van der Waals surface area contributed by atoms with E-state index in [-0.39, 0.29) is 16.0 Å². The molecule has 0 bridgehead atoms. The van der Waals surface area contributed by atoms with Crippen molar-refractivity contribution in [1.82, 2.24) is 4.31 Å². The second kappa shape index (κ2) is 6.96. The molecule has 3 N–H and O–H groups in total. The van der Waals surface area contributed by atoms with Crippen molar-refractivity contribution < 1.29 is 22.8 Å². The van der Waals surface area contributed by atoms with E-state index in [2.05, 4.69) is 12.2 Å². The summed E-state index contributed by atoms with van der Waals surface area (Å²) in [6.07, 6.45) is 2.43. The topological polar surface area (TPSA) is 127 Å². The van der Waals surface area contributed by atoms with Crippen molar-refractivity contribution >= 4 is 44.1 Å². The average molecular weight is 434 g/mol. The normalized spacial score (nSPS) is 19.6. The molecule has 8 nitrogen and oxygen atoms in total. The van der Waals surface area contributed by atoms with E-state index < -0.39 is 34.3 Å². The SMILES string of the molecule is C[C@H]1CCc2c(sc(NC(=O)CN3C(=O)c4ccccc4S3(=O)=O)c2C(N)=O)C1. The van der Waals surface area contributed by atoms with Gasteiger partial charge in [0, 0.05) is 4.88 Å². The predicted molar refractivity (Wildman–Crippen MR) is 107 cm³/mol. The van der Waals surface area contributed by atoms with Crippen LogP contribution in [0.4, 0.5) is 5.00 Å². The van der Waals surface area contributed by atoms with Crippen molar-refractivity contribution in [3.63, 3.8) is 0 Å². The molecule has 3 amide bonds. The van der Waals surface area contributed by atoms with Crippen LogP contribution >= 0.6 is 11.3 Å². The Morgan fingerprint density at radius 1 is 1.31 bits per heavy atom. The lowest BCUT2D eigenvalue weighted by Gasteiger charge is -2.18. The molecule has 0 saturated carbocycles. The van der Waals surface area contributed by atoms with Crippen LogP contribution in [0.3, 0.4) is 0 Å². The van der Waals surface area contributed by atoms with Crippen LogP contribution in [-0.2, 0) is 27.7 Å². The molecule has 1 aliphatic heterocycles. The fourth-order valence-corrected chi connectivity index (χ4v) is 6.74. The molecular formula is C19H19N3O5S2. The van der Waals surface area contributed by atoms with Crippen LogP contribution < -0.4 is 11.1 Å². The Morgan fingerprint density at radius 2 is 2.03 bits per heavy atom. The number of carbonyl (C=O) groups is 3. The van der Waals surface area contributed by atoms with Gasteiger partial charge in [-0.05, 0) is 42.9 Å². The zero-order chi connectivity index (χ0) is 20.9. The molecule has 0 fully saturated rings. The number of hydrogen-bond acceptors (Lipinski definition) is 6. The summed E-state index contributed by atoms with van der Waals surface area (Å²) in [4.78, 5) is 37.9. The molecule has 4 rings (SSSR count). The van der Waals surface area contributed by atoms with Crippen molar-refractivity contribution in [1.29, 1.82) is 0 Å². The second-order valence-electron chi connectivity index (χ2n) is 7.28. The van der Waals surface area contributed by atoms with E-state index in [1.165, 1.54) is 29.5 Å². The van der Waals surface area contributed by atoms with Crippen molar-refractivity contribution in [2.24, 2.45) is 11.7 Å². The molecule has 0 unspecified atom stereocenters. The maximum absolute atomic E-state index is 12.6. The van der Waals surface area contributed by atoms with Crippen LogP contribution in [0.2, 0.25) is 0 Å². The predicted octanol–water partition coefficient (Wildman–Crippen LogP) is 1.76. The number of amides is 3. The van der Waals surface area contributed by atoms with Gasteiger partial charge in [0.05, 0.1) is 11.1 Å². The average Bonchev–Trinajstić information content (AvgIpc) is 3.10. The van der Waals surface area contributed by atoms with Gasteiger partial charge in [-0.2, -0.15) is 0 Å². The molecule has 2 heterocycles. The van der Waals surface area contributed by atoms with Gasteiger partial charge in [-0.1, -0.05) is 19.1 Å². The van der Waals surface area contributed by atoms with Crippen molar-refractivity contribution in [3.05, 3.63) is 45.8 Å². The molecule has 0 spiro atoms. The molecule has 2 aromatic rings. The second-order valence-corrected chi connectivity index (χ2v) is 10.2. The van der Waals surface area contributed by atoms with Gasteiger partial charge in [-0.15, -0.1) is 11.3 Å². The smallest absolute Gasteiger partial charge is 0.269 e. The lowest BCUT2D eigenvalue weighted by molar-refractivity contribution is -0.116. The third-order valence-electron chi connectivity index (χ3n) is 5.21. The van der Waals surface area contributed by atoms with Crippen LogP contribution in [0.25, 0.3) is 0 Å². The number of nitrogens with two attached hydrogens (primary N) is 1. The Labute approximate surface area is 171 Å². The van der Waals surface area contributed by atoms with Crippen LogP contribution in [-0.4, -0.2) is 37.0 Å². The molecular weight excluding hydrogens is 414 g/mol. The molecule has 2 aliphatic rings. The summed E-state index contributed by atoms with van der Waals surface area (Å²) in [6.45, 7) is 1.44. The van der Waals surface area contributed by atoms with Crippen LogP contribution in [0.1, 0.15) is 44.5 Å². The molecule has 1 aliphatic carbocycles. The van der Waals surface area contributed by atoms with E-state index in [4.69, 9.17) is 5.73 Å². The largest absolute Gasteiger partial charge is 0.365 e. The van der Waals surface area contributed by atoms with E-state index in [0.29, 0.717) is 21.6 Å². The monoisotopic (exact) mass is 433 g/mol. The summed E-state index contributed by atoms with van der Waals surface area (Å²) in [5.41, 5.74) is 6.71. The maximum Gasteiger partial charge on any atom is 0.269 e. The van der Waals surface area contributed by atoms with Crippen LogP contribution in [0.5, 0.6) is 0 Å². The summed E-state index contributed by atoms with van der Waals surface area (Å²) in [6, 6.07) is 5.82. The number of primary amides is 1. The molecule has 1 aromatic heterocycles. The Hall–Kier alpha value is -2.72. The Kier molecular flexibility index (Phi) is 4.70. The molecule has 29 heavy (non-hydrogen) atoms. The number of benzene rings is 1. The summed E-state index contributed by atoms with van der Waals surface area (Å²) < 4.78 is 25.8. The van der Waals surface area contributed by atoms with Crippen molar-refractivity contribution in [2.45, 2.75) is 31.1 Å². The highest BCUT2D eigenvalue weighted by atomic mass is 32.2.